The van der Waals surface area contributed by atoms with Crippen LogP contribution in [0.15, 0.2) is 119 Å². The Balaban J connectivity index is 1.39. The maximum absolute atomic E-state index is 13.7. The van der Waals surface area contributed by atoms with Crippen LogP contribution in [0.3, 0.4) is 0 Å². The van der Waals surface area contributed by atoms with Gasteiger partial charge in [0.15, 0.2) is 5.76 Å². The Hall–Kier alpha value is -5.11. The minimum atomic E-state index is -0.550. The molecule has 3 aromatic carbocycles. The van der Waals surface area contributed by atoms with Crippen LogP contribution in [-0.2, 0) is 11.4 Å². The summed E-state index contributed by atoms with van der Waals surface area (Å²) in [6.45, 7) is 2.30. The number of rotatable bonds is 7. The number of para-hydroxylation sites is 1. The molecule has 1 atom stereocenters. The minimum absolute atomic E-state index is 0.234. The van der Waals surface area contributed by atoms with E-state index in [2.05, 4.69) is 15.6 Å². The molecule has 1 unspecified atom stereocenters. The number of hydrogen-bond donors (Lipinski definition) is 2. The predicted octanol–water partition coefficient (Wildman–Crippen LogP) is 6.04. The van der Waals surface area contributed by atoms with Gasteiger partial charge < -0.3 is 19.8 Å². The van der Waals surface area contributed by atoms with Crippen LogP contribution in [0.4, 0.5) is 11.6 Å². The molecule has 1 amide bonds. The number of ether oxygens (including phenoxy) is 1. The molecular weight excluding hydrogens is 478 g/mol. The van der Waals surface area contributed by atoms with Crippen LogP contribution in [-0.4, -0.2) is 20.7 Å². The monoisotopic (exact) mass is 503 g/mol. The fourth-order valence-corrected chi connectivity index (χ4v) is 4.50. The number of furan rings is 1. The van der Waals surface area contributed by atoms with Crippen molar-refractivity contribution in [3.63, 3.8) is 0 Å². The maximum Gasteiger partial charge on any atom is 0.255 e. The van der Waals surface area contributed by atoms with Crippen molar-refractivity contribution in [3.8, 4) is 17.3 Å². The highest BCUT2D eigenvalue weighted by atomic mass is 16.5. The van der Waals surface area contributed by atoms with Gasteiger partial charge in [0.2, 0.25) is 11.8 Å². The average Bonchev–Trinajstić information content (AvgIpc) is 3.63. The van der Waals surface area contributed by atoms with Crippen molar-refractivity contribution in [1.29, 1.82) is 0 Å². The highest BCUT2D eigenvalue weighted by molar-refractivity contribution is 6.06. The summed E-state index contributed by atoms with van der Waals surface area (Å²) in [7, 11) is 0. The Bertz CT molecular complexity index is 1590. The van der Waals surface area contributed by atoms with Crippen molar-refractivity contribution >= 4 is 17.5 Å². The molecule has 0 aliphatic carbocycles. The number of nitrogens with zero attached hydrogens (tertiary/aromatic N) is 3. The summed E-state index contributed by atoms with van der Waals surface area (Å²) < 4.78 is 13.4. The lowest BCUT2D eigenvalue weighted by Gasteiger charge is -2.29. The van der Waals surface area contributed by atoms with E-state index in [1.807, 2.05) is 91.9 Å². The number of amides is 1. The van der Waals surface area contributed by atoms with Crippen molar-refractivity contribution < 1.29 is 13.9 Å². The van der Waals surface area contributed by atoms with Crippen LogP contribution in [0.5, 0.6) is 5.75 Å². The molecule has 188 valence electrons. The molecule has 6 rings (SSSR count). The Morgan fingerprint density at radius 1 is 1.00 bits per heavy atom. The smallest absolute Gasteiger partial charge is 0.255 e. The SMILES string of the molecule is CC1=C(C(=O)Nc2ccccc2)C(c2cccc(OCc3ccccc3)c2)n2nc(-c3ccco3)nc2N1. The molecule has 0 saturated carbocycles. The molecule has 0 fully saturated rings. The van der Waals surface area contributed by atoms with Gasteiger partial charge in [0.05, 0.1) is 11.8 Å². The number of carbonyl (C=O) groups excluding carboxylic acids is 1. The van der Waals surface area contributed by atoms with Crippen LogP contribution >= 0.6 is 0 Å². The number of anilines is 2. The second kappa shape index (κ2) is 10.1. The summed E-state index contributed by atoms with van der Waals surface area (Å²) in [6, 6.07) is 30.1. The van der Waals surface area contributed by atoms with Gasteiger partial charge in [-0.15, -0.1) is 5.10 Å². The third-order valence-electron chi connectivity index (χ3n) is 6.29. The van der Waals surface area contributed by atoms with Crippen LogP contribution in [0.1, 0.15) is 24.1 Å². The normalized spacial score (nSPS) is 14.5. The van der Waals surface area contributed by atoms with Gasteiger partial charge in [0.25, 0.3) is 5.91 Å². The number of benzene rings is 3. The second-order valence-electron chi connectivity index (χ2n) is 8.91. The molecule has 1 aliphatic rings. The van der Waals surface area contributed by atoms with E-state index in [9.17, 15) is 4.79 Å². The van der Waals surface area contributed by atoms with Crippen LogP contribution in [0.2, 0.25) is 0 Å². The van der Waals surface area contributed by atoms with Crippen molar-refractivity contribution in [1.82, 2.24) is 14.8 Å². The van der Waals surface area contributed by atoms with Crippen molar-refractivity contribution in [2.24, 2.45) is 0 Å². The van der Waals surface area contributed by atoms with Crippen molar-refractivity contribution in [2.45, 2.75) is 19.6 Å². The molecule has 3 heterocycles. The van der Waals surface area contributed by atoms with Crippen molar-refractivity contribution in [3.05, 3.63) is 126 Å². The van der Waals surface area contributed by atoms with Gasteiger partial charge >= 0.3 is 0 Å². The fraction of sp³-hybridized carbons (Fsp3) is 0.100. The zero-order chi connectivity index (χ0) is 25.9. The van der Waals surface area contributed by atoms with E-state index < -0.39 is 6.04 Å². The molecule has 1 aliphatic heterocycles. The molecule has 8 nitrogen and oxygen atoms in total. The third kappa shape index (κ3) is 4.67. The Labute approximate surface area is 219 Å². The summed E-state index contributed by atoms with van der Waals surface area (Å²) in [6.07, 6.45) is 1.58. The summed E-state index contributed by atoms with van der Waals surface area (Å²) in [5.74, 6) is 1.95. The van der Waals surface area contributed by atoms with E-state index in [4.69, 9.17) is 14.3 Å². The molecule has 0 saturated heterocycles. The lowest BCUT2D eigenvalue weighted by molar-refractivity contribution is -0.113. The van der Waals surface area contributed by atoms with E-state index in [0.29, 0.717) is 46.8 Å². The minimum Gasteiger partial charge on any atom is -0.489 e. The molecule has 0 radical (unpaired) electrons. The standard InChI is InChI=1S/C30H25N5O3/c1-20-26(29(36)32-23-13-6-3-7-14-23)27(35-30(31-20)33-28(34-35)25-16-9-17-37-25)22-12-8-15-24(18-22)38-19-21-10-4-2-5-11-21/h2-18,27H,19H2,1H3,(H,32,36)(H,31,33,34). The van der Waals surface area contributed by atoms with E-state index in [1.54, 1.807) is 23.1 Å². The highest BCUT2D eigenvalue weighted by Crippen LogP contribution is 2.38. The molecule has 38 heavy (non-hydrogen) atoms. The van der Waals surface area contributed by atoms with Gasteiger partial charge in [0.1, 0.15) is 18.4 Å². The fourth-order valence-electron chi connectivity index (χ4n) is 4.50. The van der Waals surface area contributed by atoms with Crippen molar-refractivity contribution in [2.75, 3.05) is 10.6 Å². The first-order chi connectivity index (χ1) is 18.7. The van der Waals surface area contributed by atoms with Gasteiger partial charge in [-0.3, -0.25) is 4.79 Å². The first kappa shape index (κ1) is 23.3. The lowest BCUT2D eigenvalue weighted by Crippen LogP contribution is -2.31. The number of aromatic nitrogens is 3. The highest BCUT2D eigenvalue weighted by Gasteiger charge is 2.35. The van der Waals surface area contributed by atoms with Gasteiger partial charge in [-0.05, 0) is 54.4 Å². The number of allylic oxidation sites excluding steroid dienone is 1. The van der Waals surface area contributed by atoms with Gasteiger partial charge in [0, 0.05) is 11.4 Å². The summed E-state index contributed by atoms with van der Waals surface area (Å²) in [5.41, 5.74) is 3.83. The number of carbonyl (C=O) groups is 1. The second-order valence-corrected chi connectivity index (χ2v) is 8.91. The maximum atomic E-state index is 13.7. The molecule has 8 heteroatoms. The first-order valence-corrected chi connectivity index (χ1v) is 12.3. The number of hydrogen-bond acceptors (Lipinski definition) is 6. The summed E-state index contributed by atoms with van der Waals surface area (Å²) >= 11 is 0. The quantitative estimate of drug-likeness (QED) is 0.281. The summed E-state index contributed by atoms with van der Waals surface area (Å²) in [5, 5.41) is 11.0. The zero-order valence-corrected chi connectivity index (χ0v) is 20.7. The lowest BCUT2D eigenvalue weighted by atomic mass is 9.95. The van der Waals surface area contributed by atoms with E-state index in [1.165, 1.54) is 0 Å². The van der Waals surface area contributed by atoms with Gasteiger partial charge in [-0.2, -0.15) is 4.98 Å². The Morgan fingerprint density at radius 3 is 2.55 bits per heavy atom. The average molecular weight is 504 g/mol. The predicted molar refractivity (Wildman–Crippen MR) is 144 cm³/mol. The topological polar surface area (TPSA) is 94.2 Å². The van der Waals surface area contributed by atoms with Crippen LogP contribution < -0.4 is 15.4 Å². The molecule has 0 spiro atoms. The molecule has 2 N–H and O–H groups in total. The molecule has 2 aromatic heterocycles. The Kier molecular flexibility index (Phi) is 6.19. The van der Waals surface area contributed by atoms with Crippen LogP contribution in [0, 0.1) is 0 Å². The van der Waals surface area contributed by atoms with E-state index >= 15 is 0 Å². The first-order valence-electron chi connectivity index (χ1n) is 12.3. The summed E-state index contributed by atoms with van der Waals surface area (Å²) in [4.78, 5) is 18.3. The van der Waals surface area contributed by atoms with Gasteiger partial charge in [-0.25, -0.2) is 4.68 Å². The van der Waals surface area contributed by atoms with Crippen LogP contribution in [0.25, 0.3) is 11.6 Å². The molecule has 5 aromatic rings. The van der Waals surface area contributed by atoms with E-state index in [0.717, 1.165) is 11.1 Å². The Morgan fingerprint density at radius 2 is 1.79 bits per heavy atom. The number of fused-ring (bicyclic) bond motifs is 1. The molecule has 0 bridgehead atoms. The van der Waals surface area contributed by atoms with Gasteiger partial charge in [-0.1, -0.05) is 60.7 Å². The number of nitrogens with one attached hydrogen (secondary N) is 2. The third-order valence-corrected chi connectivity index (χ3v) is 6.29. The zero-order valence-electron chi connectivity index (χ0n) is 20.7. The van der Waals surface area contributed by atoms with E-state index in [-0.39, 0.29) is 5.91 Å². The largest absolute Gasteiger partial charge is 0.489 e. The molecular formula is C30H25N5O3.